The van der Waals surface area contributed by atoms with Crippen molar-refractivity contribution < 1.29 is 33.6 Å². The van der Waals surface area contributed by atoms with Gasteiger partial charge < -0.3 is 33.9 Å². The molecule has 9 nitrogen and oxygen atoms in total. The number of halogens is 1. The number of nitrogens with zero attached hydrogens (tertiary/aromatic N) is 2. The minimum atomic E-state index is -0.888. The predicted octanol–water partition coefficient (Wildman–Crippen LogP) is 4.92. The Morgan fingerprint density at radius 2 is 1.62 bits per heavy atom. The average Bonchev–Trinajstić information content (AvgIpc) is 3.20. The average molecular weight is 561 g/mol. The van der Waals surface area contributed by atoms with Gasteiger partial charge in [-0.05, 0) is 68.9 Å². The molecule has 2 aromatic carbocycles. The van der Waals surface area contributed by atoms with Crippen molar-refractivity contribution in [3.63, 3.8) is 0 Å². The third-order valence-electron chi connectivity index (χ3n) is 6.82. The van der Waals surface area contributed by atoms with Gasteiger partial charge in [-0.1, -0.05) is 25.4 Å². The number of likely N-dealkylation sites (tertiary alicyclic amines) is 1. The van der Waals surface area contributed by atoms with Crippen molar-refractivity contribution in [2.45, 2.75) is 33.2 Å². The molecular formula is C29H37ClN2O7. The number of ketones is 1. The van der Waals surface area contributed by atoms with E-state index in [4.69, 9.17) is 30.5 Å². The fourth-order valence-electron chi connectivity index (χ4n) is 4.80. The van der Waals surface area contributed by atoms with Crippen LogP contribution in [0.4, 0.5) is 0 Å². The molecule has 0 aromatic heterocycles. The molecule has 0 unspecified atom stereocenters. The maximum atomic E-state index is 13.4. The number of Topliss-reactive ketones (excluding diaryl/α,β-unsaturated/α-hetero) is 1. The molecule has 0 radical (unpaired) electrons. The molecule has 1 heterocycles. The summed E-state index contributed by atoms with van der Waals surface area (Å²) in [6.45, 7) is 9.24. The van der Waals surface area contributed by atoms with Gasteiger partial charge in [0.15, 0.2) is 11.5 Å². The van der Waals surface area contributed by atoms with Crippen LogP contribution in [-0.2, 0) is 9.59 Å². The molecule has 0 aliphatic carbocycles. The second kappa shape index (κ2) is 13.6. The molecule has 0 spiro atoms. The van der Waals surface area contributed by atoms with E-state index in [0.717, 1.165) is 19.6 Å². The third kappa shape index (κ3) is 6.25. The quantitative estimate of drug-likeness (QED) is 0.209. The lowest BCUT2D eigenvalue weighted by Crippen LogP contribution is -2.33. The van der Waals surface area contributed by atoms with Crippen LogP contribution in [0.1, 0.15) is 44.4 Å². The van der Waals surface area contributed by atoms with Crippen LogP contribution in [0.2, 0.25) is 5.02 Å². The van der Waals surface area contributed by atoms with Crippen LogP contribution < -0.4 is 18.9 Å². The molecule has 212 valence electrons. The molecule has 1 atom stereocenters. The molecule has 1 aliphatic heterocycles. The number of ether oxygens (including phenoxy) is 4. The number of rotatable bonds is 13. The van der Waals surface area contributed by atoms with Gasteiger partial charge in [-0.2, -0.15) is 0 Å². The first kappa shape index (κ1) is 30.1. The molecule has 1 N–H and O–H groups in total. The zero-order valence-corrected chi connectivity index (χ0v) is 24.1. The van der Waals surface area contributed by atoms with Gasteiger partial charge in [0, 0.05) is 12.1 Å². The third-order valence-corrected chi connectivity index (χ3v) is 7.11. The smallest absolute Gasteiger partial charge is 0.295 e. The van der Waals surface area contributed by atoms with Crippen LogP contribution >= 0.6 is 11.6 Å². The standard InChI is InChI=1S/C29H37ClN2O7/c1-7-31(8-2)13-10-14-32-25(19-16-22(36-4)28(38-6)23(17-19)37-5)24(27(34)29(32)35)26(33)18-11-12-21(39-9-3)20(30)15-18/h11-12,15-17,25,33H,7-10,13-14H2,1-6H3/b26-24+/t25-/m1/s1. The highest BCUT2D eigenvalue weighted by molar-refractivity contribution is 6.46. The van der Waals surface area contributed by atoms with E-state index in [-0.39, 0.29) is 16.4 Å². The van der Waals surface area contributed by atoms with Crippen LogP contribution in [0.15, 0.2) is 35.9 Å². The van der Waals surface area contributed by atoms with Crippen molar-refractivity contribution in [1.82, 2.24) is 9.80 Å². The van der Waals surface area contributed by atoms with Crippen molar-refractivity contribution >= 4 is 29.1 Å². The molecule has 1 amide bonds. The van der Waals surface area contributed by atoms with Crippen LogP contribution in [-0.4, -0.2) is 80.7 Å². The van der Waals surface area contributed by atoms with E-state index >= 15 is 0 Å². The Balaban J connectivity index is 2.18. The second-order valence-corrected chi connectivity index (χ2v) is 9.32. The van der Waals surface area contributed by atoms with Gasteiger partial charge in [0.1, 0.15) is 11.5 Å². The number of carbonyl (C=O) groups is 2. The highest BCUT2D eigenvalue weighted by Gasteiger charge is 2.46. The summed E-state index contributed by atoms with van der Waals surface area (Å²) in [5, 5.41) is 11.7. The summed E-state index contributed by atoms with van der Waals surface area (Å²) >= 11 is 6.37. The van der Waals surface area contributed by atoms with Gasteiger partial charge >= 0.3 is 0 Å². The van der Waals surface area contributed by atoms with Gasteiger partial charge in [-0.15, -0.1) is 0 Å². The fraction of sp³-hybridized carbons (Fsp3) is 0.448. The summed E-state index contributed by atoms with van der Waals surface area (Å²) in [7, 11) is 4.48. The molecule has 1 aliphatic rings. The summed E-state index contributed by atoms with van der Waals surface area (Å²) in [6.07, 6.45) is 0.643. The monoisotopic (exact) mass is 560 g/mol. The molecule has 39 heavy (non-hydrogen) atoms. The van der Waals surface area contributed by atoms with Crippen molar-refractivity contribution in [3.8, 4) is 23.0 Å². The number of aliphatic hydroxyl groups is 1. The molecule has 3 rings (SSSR count). The zero-order valence-electron chi connectivity index (χ0n) is 23.4. The molecular weight excluding hydrogens is 524 g/mol. The Labute approximate surface area is 234 Å². The minimum Gasteiger partial charge on any atom is -0.507 e. The molecule has 10 heteroatoms. The highest BCUT2D eigenvalue weighted by atomic mass is 35.5. The lowest BCUT2D eigenvalue weighted by molar-refractivity contribution is -0.140. The number of carbonyl (C=O) groups excluding carboxylic acids is 2. The Hall–Kier alpha value is -3.43. The van der Waals surface area contributed by atoms with E-state index in [9.17, 15) is 14.7 Å². The summed E-state index contributed by atoms with van der Waals surface area (Å²) < 4.78 is 22.0. The fourth-order valence-corrected chi connectivity index (χ4v) is 5.03. The highest BCUT2D eigenvalue weighted by Crippen LogP contribution is 2.46. The van der Waals surface area contributed by atoms with E-state index < -0.39 is 17.7 Å². The topological polar surface area (TPSA) is 97.8 Å². The summed E-state index contributed by atoms with van der Waals surface area (Å²) in [5.74, 6) is -0.238. The van der Waals surface area contributed by atoms with Crippen LogP contribution in [0.5, 0.6) is 23.0 Å². The van der Waals surface area contributed by atoms with Crippen molar-refractivity contribution in [1.29, 1.82) is 0 Å². The van der Waals surface area contributed by atoms with E-state index in [1.807, 2.05) is 6.92 Å². The normalized spacial score (nSPS) is 16.6. The largest absolute Gasteiger partial charge is 0.507 e. The number of amides is 1. The lowest BCUT2D eigenvalue weighted by Gasteiger charge is -2.27. The van der Waals surface area contributed by atoms with Crippen LogP contribution in [0, 0.1) is 0 Å². The van der Waals surface area contributed by atoms with Crippen molar-refractivity contribution in [3.05, 3.63) is 52.1 Å². The van der Waals surface area contributed by atoms with Gasteiger partial charge in [-0.3, -0.25) is 9.59 Å². The molecule has 0 bridgehead atoms. The molecule has 1 saturated heterocycles. The number of hydrogen-bond acceptors (Lipinski definition) is 8. The Kier molecular flexibility index (Phi) is 10.5. The first-order valence-corrected chi connectivity index (χ1v) is 13.4. The van der Waals surface area contributed by atoms with Crippen molar-refractivity contribution in [2.24, 2.45) is 0 Å². The van der Waals surface area contributed by atoms with E-state index in [0.29, 0.717) is 53.7 Å². The Morgan fingerprint density at radius 1 is 0.974 bits per heavy atom. The Bertz CT molecular complexity index is 1200. The van der Waals surface area contributed by atoms with Gasteiger partial charge in [0.05, 0.1) is 44.6 Å². The molecule has 1 fully saturated rings. The van der Waals surface area contributed by atoms with Crippen molar-refractivity contribution in [2.75, 3.05) is 54.1 Å². The summed E-state index contributed by atoms with van der Waals surface area (Å²) in [5.41, 5.74) is 0.782. The first-order chi connectivity index (χ1) is 18.8. The minimum absolute atomic E-state index is 0.0441. The first-order valence-electron chi connectivity index (χ1n) is 13.0. The van der Waals surface area contributed by atoms with Gasteiger partial charge in [0.2, 0.25) is 5.75 Å². The van der Waals surface area contributed by atoms with Gasteiger partial charge in [0.25, 0.3) is 11.7 Å². The number of hydrogen-bond donors (Lipinski definition) is 1. The zero-order chi connectivity index (χ0) is 28.7. The predicted molar refractivity (Wildman–Crippen MR) is 150 cm³/mol. The van der Waals surface area contributed by atoms with Crippen LogP contribution in [0.25, 0.3) is 5.76 Å². The maximum absolute atomic E-state index is 13.4. The SMILES string of the molecule is CCOc1ccc(/C(O)=C2\C(=O)C(=O)N(CCCN(CC)CC)[C@@H]2c2cc(OC)c(OC)c(OC)c2)cc1Cl. The second-order valence-electron chi connectivity index (χ2n) is 8.91. The lowest BCUT2D eigenvalue weighted by atomic mass is 9.94. The van der Waals surface area contributed by atoms with Crippen LogP contribution in [0.3, 0.4) is 0 Å². The maximum Gasteiger partial charge on any atom is 0.295 e. The number of methoxy groups -OCH3 is 3. The van der Waals surface area contributed by atoms with E-state index in [2.05, 4.69) is 18.7 Å². The summed E-state index contributed by atoms with van der Waals surface area (Å²) in [6, 6.07) is 7.23. The van der Waals surface area contributed by atoms with E-state index in [1.54, 1.807) is 24.3 Å². The number of benzene rings is 2. The molecule has 0 saturated carbocycles. The summed E-state index contributed by atoms with van der Waals surface area (Å²) in [4.78, 5) is 30.6. The Morgan fingerprint density at radius 3 is 2.13 bits per heavy atom. The number of aliphatic hydroxyl groups excluding tert-OH is 1. The van der Waals surface area contributed by atoms with E-state index in [1.165, 1.54) is 32.3 Å². The molecule has 2 aromatic rings. The van der Waals surface area contributed by atoms with Gasteiger partial charge in [-0.25, -0.2) is 0 Å².